The van der Waals surface area contributed by atoms with Gasteiger partial charge in [-0.25, -0.2) is 9.79 Å². The Morgan fingerprint density at radius 2 is 1.97 bits per heavy atom. The fourth-order valence-electron chi connectivity index (χ4n) is 4.65. The number of nitrogens with one attached hydrogen (secondary N) is 1. The lowest BCUT2D eigenvalue weighted by Crippen LogP contribution is -2.40. The van der Waals surface area contributed by atoms with E-state index in [9.17, 15) is 9.59 Å². The Morgan fingerprint density at radius 3 is 2.73 bits per heavy atom. The van der Waals surface area contributed by atoms with E-state index in [4.69, 9.17) is 14.2 Å². The molecule has 37 heavy (non-hydrogen) atoms. The van der Waals surface area contributed by atoms with Gasteiger partial charge in [0.15, 0.2) is 16.3 Å². The van der Waals surface area contributed by atoms with Crippen molar-refractivity contribution >= 4 is 34.3 Å². The summed E-state index contributed by atoms with van der Waals surface area (Å²) in [7, 11) is 1.56. The average Bonchev–Trinajstić information content (AvgIpc) is 3.44. The van der Waals surface area contributed by atoms with Crippen molar-refractivity contribution in [3.8, 4) is 11.5 Å². The first kappa shape index (κ1) is 24.6. The smallest absolute Gasteiger partial charge is 0.338 e. The largest absolute Gasteiger partial charge is 0.493 e. The normalized spacial score (nSPS) is 15.5. The van der Waals surface area contributed by atoms with E-state index < -0.39 is 12.0 Å². The number of carbonyl (C=O) groups excluding carboxylic acids is 1. The molecule has 0 bridgehead atoms. The third-order valence-corrected chi connectivity index (χ3v) is 7.22. The lowest BCUT2D eigenvalue weighted by atomic mass is 9.94. The van der Waals surface area contributed by atoms with Crippen LogP contribution in [0.2, 0.25) is 0 Å². The fourth-order valence-corrected chi connectivity index (χ4v) is 5.69. The van der Waals surface area contributed by atoms with Crippen molar-refractivity contribution in [1.82, 2.24) is 9.55 Å². The number of allylic oxidation sites excluding steroid dienone is 1. The van der Waals surface area contributed by atoms with Gasteiger partial charge in [-0.05, 0) is 39.0 Å². The van der Waals surface area contributed by atoms with E-state index in [1.807, 2.05) is 55.6 Å². The van der Waals surface area contributed by atoms with Gasteiger partial charge in [-0.1, -0.05) is 41.7 Å². The van der Waals surface area contributed by atoms with Gasteiger partial charge >= 0.3 is 5.97 Å². The van der Waals surface area contributed by atoms with E-state index in [0.717, 1.165) is 16.5 Å². The topological polar surface area (TPSA) is 94.9 Å². The van der Waals surface area contributed by atoms with Gasteiger partial charge in [-0.15, -0.1) is 0 Å². The third-order valence-electron chi connectivity index (χ3n) is 6.24. The summed E-state index contributed by atoms with van der Waals surface area (Å²) in [6.45, 7) is 5.96. The van der Waals surface area contributed by atoms with Crippen LogP contribution in [-0.2, 0) is 9.53 Å². The van der Waals surface area contributed by atoms with Crippen molar-refractivity contribution in [1.29, 1.82) is 0 Å². The molecule has 1 aliphatic heterocycles. The van der Waals surface area contributed by atoms with Crippen LogP contribution < -0.4 is 24.4 Å². The second-order valence-electron chi connectivity index (χ2n) is 8.40. The van der Waals surface area contributed by atoms with Gasteiger partial charge in [0.25, 0.3) is 5.56 Å². The molecular formula is C28H27N3O5S. The van der Waals surface area contributed by atoms with Crippen molar-refractivity contribution in [2.75, 3.05) is 20.3 Å². The number of para-hydroxylation sites is 2. The zero-order valence-electron chi connectivity index (χ0n) is 21.0. The minimum Gasteiger partial charge on any atom is -0.493 e. The predicted molar refractivity (Wildman–Crippen MR) is 143 cm³/mol. The van der Waals surface area contributed by atoms with Crippen LogP contribution in [0.15, 0.2) is 69.7 Å². The van der Waals surface area contributed by atoms with E-state index in [1.54, 1.807) is 31.6 Å². The summed E-state index contributed by atoms with van der Waals surface area (Å²) in [5.41, 5.74) is 3.04. The number of ether oxygens (including phenoxy) is 3. The Labute approximate surface area is 217 Å². The molecule has 190 valence electrons. The molecule has 0 saturated heterocycles. The summed E-state index contributed by atoms with van der Waals surface area (Å²) < 4.78 is 19.0. The molecule has 0 fully saturated rings. The number of benzene rings is 2. The highest BCUT2D eigenvalue weighted by atomic mass is 32.1. The lowest BCUT2D eigenvalue weighted by Gasteiger charge is -2.26. The second kappa shape index (κ2) is 10.1. The number of fused-ring (bicyclic) bond motifs is 2. The zero-order chi connectivity index (χ0) is 26.1. The van der Waals surface area contributed by atoms with Gasteiger partial charge in [0, 0.05) is 28.2 Å². The van der Waals surface area contributed by atoms with Crippen LogP contribution >= 0.6 is 11.3 Å². The third kappa shape index (κ3) is 4.25. The Hall–Kier alpha value is -4.11. The SMILES string of the molecule is CCOC(=O)C1=C(C)N=c2s/c(=C/c3c[nH]c4ccccc34)c(=O)n2[C@@H]1c1cccc(OC)c1OCC. The zero-order valence-corrected chi connectivity index (χ0v) is 21.8. The monoisotopic (exact) mass is 517 g/mol. The molecule has 1 N–H and O–H groups in total. The maximum atomic E-state index is 13.9. The molecule has 0 spiro atoms. The van der Waals surface area contributed by atoms with Crippen molar-refractivity contribution in [2.45, 2.75) is 26.8 Å². The minimum absolute atomic E-state index is 0.198. The predicted octanol–water partition coefficient (Wildman–Crippen LogP) is 3.69. The van der Waals surface area contributed by atoms with Crippen LogP contribution in [0.3, 0.4) is 0 Å². The number of aromatic nitrogens is 2. The van der Waals surface area contributed by atoms with E-state index in [2.05, 4.69) is 9.98 Å². The first-order valence-electron chi connectivity index (χ1n) is 12.0. The highest BCUT2D eigenvalue weighted by Crippen LogP contribution is 2.40. The number of thiazole rings is 1. The quantitative estimate of drug-likeness (QED) is 0.378. The summed E-state index contributed by atoms with van der Waals surface area (Å²) in [5, 5.41) is 1.01. The van der Waals surface area contributed by atoms with Crippen molar-refractivity contribution in [3.05, 3.63) is 90.7 Å². The molecule has 2 aromatic heterocycles. The van der Waals surface area contributed by atoms with E-state index >= 15 is 0 Å². The molecule has 0 saturated carbocycles. The van der Waals surface area contributed by atoms with Crippen molar-refractivity contribution in [2.24, 2.45) is 4.99 Å². The number of aromatic amines is 1. The Bertz CT molecular complexity index is 1710. The van der Waals surface area contributed by atoms with Crippen LogP contribution in [0.4, 0.5) is 0 Å². The lowest BCUT2D eigenvalue weighted by molar-refractivity contribution is -0.139. The number of hydrogen-bond acceptors (Lipinski definition) is 7. The molecule has 0 aliphatic carbocycles. The molecular weight excluding hydrogens is 490 g/mol. The highest BCUT2D eigenvalue weighted by molar-refractivity contribution is 7.07. The van der Waals surface area contributed by atoms with E-state index in [-0.39, 0.29) is 12.2 Å². The molecule has 5 rings (SSSR count). The van der Waals surface area contributed by atoms with Crippen LogP contribution in [0.25, 0.3) is 17.0 Å². The number of carbonyl (C=O) groups is 1. The number of H-pyrrole nitrogens is 1. The van der Waals surface area contributed by atoms with Gasteiger partial charge in [0.2, 0.25) is 0 Å². The van der Waals surface area contributed by atoms with Gasteiger partial charge in [-0.2, -0.15) is 0 Å². The van der Waals surface area contributed by atoms with Gasteiger partial charge in [0.05, 0.1) is 36.1 Å². The summed E-state index contributed by atoms with van der Waals surface area (Å²) >= 11 is 1.28. The maximum Gasteiger partial charge on any atom is 0.338 e. The molecule has 0 amide bonds. The number of methoxy groups -OCH3 is 1. The summed E-state index contributed by atoms with van der Waals surface area (Å²) in [5.74, 6) is 0.461. The highest BCUT2D eigenvalue weighted by Gasteiger charge is 2.36. The Balaban J connectivity index is 1.78. The number of nitrogens with zero attached hydrogens (tertiary/aromatic N) is 2. The Kier molecular flexibility index (Phi) is 6.71. The van der Waals surface area contributed by atoms with Gasteiger partial charge in [-0.3, -0.25) is 9.36 Å². The van der Waals surface area contributed by atoms with Gasteiger partial charge < -0.3 is 19.2 Å². The molecule has 3 heterocycles. The fraction of sp³-hybridized carbons (Fsp3) is 0.250. The molecule has 9 heteroatoms. The molecule has 4 aromatic rings. The molecule has 2 aromatic carbocycles. The minimum atomic E-state index is -0.794. The van der Waals surface area contributed by atoms with Crippen LogP contribution in [-0.4, -0.2) is 35.8 Å². The summed E-state index contributed by atoms with van der Waals surface area (Å²) in [4.78, 5) is 35.5. The van der Waals surface area contributed by atoms with Crippen LogP contribution in [0.5, 0.6) is 11.5 Å². The summed E-state index contributed by atoms with van der Waals surface area (Å²) in [6, 6.07) is 12.6. The molecule has 1 atom stereocenters. The van der Waals surface area contributed by atoms with E-state index in [0.29, 0.717) is 44.3 Å². The van der Waals surface area contributed by atoms with Crippen LogP contribution in [0, 0.1) is 0 Å². The van der Waals surface area contributed by atoms with Crippen molar-refractivity contribution < 1.29 is 19.0 Å². The first-order valence-corrected chi connectivity index (χ1v) is 12.9. The molecule has 1 aliphatic rings. The molecule has 0 unspecified atom stereocenters. The molecule has 8 nitrogen and oxygen atoms in total. The van der Waals surface area contributed by atoms with Crippen molar-refractivity contribution in [3.63, 3.8) is 0 Å². The number of esters is 1. The average molecular weight is 518 g/mol. The molecule has 0 radical (unpaired) electrons. The maximum absolute atomic E-state index is 13.9. The Morgan fingerprint density at radius 1 is 1.16 bits per heavy atom. The summed E-state index contributed by atoms with van der Waals surface area (Å²) in [6.07, 6.45) is 3.74. The first-order chi connectivity index (χ1) is 18.0. The van der Waals surface area contributed by atoms with Crippen LogP contribution in [0.1, 0.15) is 37.9 Å². The number of hydrogen-bond donors (Lipinski definition) is 1. The second-order valence-corrected chi connectivity index (χ2v) is 9.41. The number of rotatable bonds is 7. The van der Waals surface area contributed by atoms with Gasteiger partial charge in [0.1, 0.15) is 6.04 Å². The standard InChI is InChI=1S/C28H27N3O5S/c1-5-35-25-19(11-9-13-21(25)34-4)24-23(27(33)36-6-2)16(3)30-28-31(24)26(32)22(37-28)14-17-15-29-20-12-8-7-10-18(17)20/h7-15,24,29H,5-6H2,1-4H3/b22-14+/t24-/m1/s1. The van der Waals surface area contributed by atoms with E-state index in [1.165, 1.54) is 11.3 Å².